The maximum absolute atomic E-state index is 3.34. The molecule has 1 aromatic carbocycles. The average molecular weight is 256 g/mol. The van der Waals surface area contributed by atoms with E-state index < -0.39 is 0 Å². The number of allylic oxidation sites excluding steroid dienone is 1. The summed E-state index contributed by atoms with van der Waals surface area (Å²) in [6.07, 6.45) is 6.69. The van der Waals surface area contributed by atoms with Crippen LogP contribution in [0.2, 0.25) is 0 Å². The Morgan fingerprint density at radius 3 is 2.89 bits per heavy atom. The first kappa shape index (κ1) is 13.9. The van der Waals surface area contributed by atoms with E-state index in [2.05, 4.69) is 67.3 Å². The zero-order valence-corrected chi connectivity index (χ0v) is 12.2. The lowest BCUT2D eigenvalue weighted by molar-refractivity contribution is 0.356. The van der Waals surface area contributed by atoms with E-state index >= 15 is 0 Å². The summed E-state index contributed by atoms with van der Waals surface area (Å²) >= 11 is 0. The quantitative estimate of drug-likeness (QED) is 0.774. The maximum Gasteiger partial charge on any atom is 0.0456 e. The molecule has 0 amide bonds. The van der Waals surface area contributed by atoms with E-state index in [1.165, 1.54) is 28.5 Å². The first-order valence-electron chi connectivity index (χ1n) is 7.06. The average Bonchev–Trinajstić information content (AvgIpc) is 2.82. The third-order valence-electron chi connectivity index (χ3n) is 3.67. The van der Waals surface area contributed by atoms with Crippen molar-refractivity contribution in [2.75, 3.05) is 20.1 Å². The predicted octanol–water partition coefficient (Wildman–Crippen LogP) is 4.00. The van der Waals surface area contributed by atoms with Crippen LogP contribution in [0, 0.1) is 0 Å². The molecule has 102 valence electrons. The van der Waals surface area contributed by atoms with Crippen molar-refractivity contribution in [2.24, 2.45) is 0 Å². The molecular weight excluding hydrogens is 232 g/mol. The number of fused-ring (bicyclic) bond motifs is 1. The molecule has 0 radical (unpaired) electrons. The highest BCUT2D eigenvalue weighted by molar-refractivity contribution is 5.82. The predicted molar refractivity (Wildman–Crippen MR) is 83.5 cm³/mol. The fourth-order valence-corrected chi connectivity index (χ4v) is 2.47. The van der Waals surface area contributed by atoms with E-state index in [1.807, 2.05) is 0 Å². The van der Waals surface area contributed by atoms with E-state index in [0.717, 1.165) is 19.5 Å². The molecule has 0 spiro atoms. The van der Waals surface area contributed by atoms with E-state index in [-0.39, 0.29) is 0 Å². The van der Waals surface area contributed by atoms with Gasteiger partial charge in [-0.1, -0.05) is 29.8 Å². The van der Waals surface area contributed by atoms with Gasteiger partial charge >= 0.3 is 0 Å². The molecule has 2 heteroatoms. The summed E-state index contributed by atoms with van der Waals surface area (Å²) < 4.78 is 0. The molecule has 0 fully saturated rings. The zero-order valence-electron chi connectivity index (χ0n) is 12.2. The normalized spacial score (nSPS) is 12.5. The fraction of sp³-hybridized carbons (Fsp3) is 0.412. The maximum atomic E-state index is 3.34. The minimum Gasteiger partial charge on any atom is -0.361 e. The molecule has 0 atom stereocenters. The Bertz CT molecular complexity index is 551. The Hall–Kier alpha value is -1.54. The van der Waals surface area contributed by atoms with E-state index in [0.29, 0.717) is 0 Å². The first-order chi connectivity index (χ1) is 9.20. The van der Waals surface area contributed by atoms with Crippen LogP contribution in [0.15, 0.2) is 42.1 Å². The number of hydrogen-bond donors (Lipinski definition) is 1. The lowest BCUT2D eigenvalue weighted by Gasteiger charge is -2.16. The summed E-state index contributed by atoms with van der Waals surface area (Å²) in [5, 5.41) is 1.37. The highest BCUT2D eigenvalue weighted by Crippen LogP contribution is 2.18. The number of nitrogens with one attached hydrogen (secondary N) is 1. The summed E-state index contributed by atoms with van der Waals surface area (Å²) in [5.74, 6) is 0. The van der Waals surface area contributed by atoms with Gasteiger partial charge < -0.3 is 9.88 Å². The molecule has 0 unspecified atom stereocenters. The van der Waals surface area contributed by atoms with Crippen LogP contribution in [0.25, 0.3) is 10.9 Å². The lowest BCUT2D eigenvalue weighted by atomic mass is 10.1. The van der Waals surface area contributed by atoms with Gasteiger partial charge in [0.05, 0.1) is 0 Å². The molecule has 2 rings (SSSR count). The van der Waals surface area contributed by atoms with Gasteiger partial charge in [0.15, 0.2) is 0 Å². The minimum atomic E-state index is 1.07. The first-order valence-corrected chi connectivity index (χ1v) is 7.06. The van der Waals surface area contributed by atoms with Gasteiger partial charge in [-0.3, -0.25) is 0 Å². The summed E-state index contributed by atoms with van der Waals surface area (Å²) in [7, 11) is 2.20. The number of aryl methyl sites for hydroxylation is 1. The number of H-pyrrole nitrogens is 1. The standard InChI is InChI=1S/C17H24N2/c1-4-14(2)13-19(3)11-7-8-15-12-18-17-10-6-5-9-16(15)17/h4-6,9-10,12,18H,7-8,11,13H2,1-3H3/b14-4+. The number of para-hydroxylation sites is 1. The van der Waals surface area contributed by atoms with E-state index in [9.17, 15) is 0 Å². The van der Waals surface area contributed by atoms with Crippen LogP contribution in [0.5, 0.6) is 0 Å². The summed E-state index contributed by atoms with van der Waals surface area (Å²) in [6.45, 7) is 6.51. The molecule has 2 aromatic rings. The molecular formula is C17H24N2. The Balaban J connectivity index is 1.86. The molecule has 0 bridgehead atoms. The fourth-order valence-electron chi connectivity index (χ4n) is 2.47. The monoisotopic (exact) mass is 256 g/mol. The van der Waals surface area contributed by atoms with Crippen molar-refractivity contribution in [3.05, 3.63) is 47.7 Å². The summed E-state index contributed by atoms with van der Waals surface area (Å²) in [6, 6.07) is 8.53. The summed E-state index contributed by atoms with van der Waals surface area (Å²) in [4.78, 5) is 5.74. The number of benzene rings is 1. The SMILES string of the molecule is C/C=C(\C)CN(C)CCCc1c[nH]c2ccccc12. The van der Waals surface area contributed by atoms with Gasteiger partial charge in [0, 0.05) is 23.6 Å². The third-order valence-corrected chi connectivity index (χ3v) is 3.67. The van der Waals surface area contributed by atoms with Crippen molar-refractivity contribution in [2.45, 2.75) is 26.7 Å². The second-order valence-corrected chi connectivity index (χ2v) is 5.34. The molecule has 1 heterocycles. The van der Waals surface area contributed by atoms with E-state index in [4.69, 9.17) is 0 Å². The van der Waals surface area contributed by atoms with Crippen LogP contribution in [0.3, 0.4) is 0 Å². The van der Waals surface area contributed by atoms with Crippen LogP contribution in [0.1, 0.15) is 25.8 Å². The van der Waals surface area contributed by atoms with Gasteiger partial charge in [-0.2, -0.15) is 0 Å². The number of likely N-dealkylation sites (N-methyl/N-ethyl adjacent to an activating group) is 1. The topological polar surface area (TPSA) is 19.0 Å². The van der Waals surface area contributed by atoms with Gasteiger partial charge in [-0.05, 0) is 51.9 Å². The Labute approximate surface area is 116 Å². The smallest absolute Gasteiger partial charge is 0.0456 e. The molecule has 2 nitrogen and oxygen atoms in total. The van der Waals surface area contributed by atoms with Crippen molar-refractivity contribution in [3.8, 4) is 0 Å². The number of nitrogens with zero attached hydrogens (tertiary/aromatic N) is 1. The number of aromatic nitrogens is 1. The molecule has 19 heavy (non-hydrogen) atoms. The highest BCUT2D eigenvalue weighted by Gasteiger charge is 2.04. The van der Waals surface area contributed by atoms with Crippen LogP contribution in [-0.2, 0) is 6.42 Å². The number of aromatic amines is 1. The van der Waals surface area contributed by atoms with Crippen molar-refractivity contribution in [1.29, 1.82) is 0 Å². The van der Waals surface area contributed by atoms with Crippen molar-refractivity contribution in [1.82, 2.24) is 9.88 Å². The molecule has 1 aromatic heterocycles. The van der Waals surface area contributed by atoms with Gasteiger partial charge in [0.1, 0.15) is 0 Å². The Morgan fingerprint density at radius 2 is 2.11 bits per heavy atom. The van der Waals surface area contributed by atoms with Gasteiger partial charge in [-0.25, -0.2) is 0 Å². The Kier molecular flexibility index (Phi) is 4.80. The Morgan fingerprint density at radius 1 is 1.32 bits per heavy atom. The van der Waals surface area contributed by atoms with Crippen molar-refractivity contribution < 1.29 is 0 Å². The molecule has 1 N–H and O–H groups in total. The van der Waals surface area contributed by atoms with Crippen LogP contribution >= 0.6 is 0 Å². The molecule has 0 saturated heterocycles. The molecule has 0 aliphatic carbocycles. The highest BCUT2D eigenvalue weighted by atomic mass is 15.1. The second kappa shape index (κ2) is 6.58. The van der Waals surface area contributed by atoms with Crippen molar-refractivity contribution >= 4 is 10.9 Å². The molecule has 0 aliphatic rings. The number of hydrogen-bond acceptors (Lipinski definition) is 1. The molecule has 0 saturated carbocycles. The van der Waals surface area contributed by atoms with Crippen LogP contribution in [-0.4, -0.2) is 30.0 Å². The number of rotatable bonds is 6. The third kappa shape index (κ3) is 3.71. The van der Waals surface area contributed by atoms with Gasteiger partial charge in [0.2, 0.25) is 0 Å². The van der Waals surface area contributed by atoms with Gasteiger partial charge in [-0.15, -0.1) is 0 Å². The van der Waals surface area contributed by atoms with Crippen LogP contribution in [0.4, 0.5) is 0 Å². The van der Waals surface area contributed by atoms with Gasteiger partial charge in [0.25, 0.3) is 0 Å². The van der Waals surface area contributed by atoms with Crippen molar-refractivity contribution in [3.63, 3.8) is 0 Å². The second-order valence-electron chi connectivity index (χ2n) is 5.34. The van der Waals surface area contributed by atoms with Crippen LogP contribution < -0.4 is 0 Å². The molecule has 0 aliphatic heterocycles. The van der Waals surface area contributed by atoms with E-state index in [1.54, 1.807) is 0 Å². The lowest BCUT2D eigenvalue weighted by Crippen LogP contribution is -2.22. The minimum absolute atomic E-state index is 1.07. The summed E-state index contributed by atoms with van der Waals surface area (Å²) in [5.41, 5.74) is 4.12. The zero-order chi connectivity index (χ0) is 13.7. The largest absolute Gasteiger partial charge is 0.361 e.